The van der Waals surface area contributed by atoms with Crippen LogP contribution < -0.4 is 5.73 Å². The van der Waals surface area contributed by atoms with Crippen molar-refractivity contribution in [1.82, 2.24) is 0 Å². The van der Waals surface area contributed by atoms with Crippen molar-refractivity contribution in [2.45, 2.75) is 51.0 Å². The molecule has 0 aromatic carbocycles. The Bertz CT molecular complexity index is 293. The standard InChI is InChI=1S/C15H27NO/c1-10(6-7-17-2)15(16)9-11-8-14(15)13-5-3-4-12(11)13/h10-14H,3-9,16H2,1-2H3. The normalized spacial score (nSPS) is 49.6. The van der Waals surface area contributed by atoms with Crippen molar-refractivity contribution < 1.29 is 4.74 Å². The summed E-state index contributed by atoms with van der Waals surface area (Å²) in [5.74, 6) is 4.43. The summed E-state index contributed by atoms with van der Waals surface area (Å²) >= 11 is 0. The molecule has 0 aliphatic heterocycles. The van der Waals surface area contributed by atoms with Crippen LogP contribution in [0.5, 0.6) is 0 Å². The molecule has 0 aromatic rings. The summed E-state index contributed by atoms with van der Waals surface area (Å²) < 4.78 is 5.23. The van der Waals surface area contributed by atoms with Gasteiger partial charge in [-0.05, 0) is 61.7 Å². The van der Waals surface area contributed by atoms with Crippen LogP contribution in [0.15, 0.2) is 0 Å². The molecule has 2 bridgehead atoms. The third-order valence-corrected chi connectivity index (χ3v) is 6.28. The number of ether oxygens (including phenoxy) is 1. The van der Waals surface area contributed by atoms with E-state index in [1.807, 2.05) is 0 Å². The highest BCUT2D eigenvalue weighted by molar-refractivity contribution is 5.13. The van der Waals surface area contributed by atoms with Gasteiger partial charge in [-0.25, -0.2) is 0 Å². The molecule has 3 rings (SSSR count). The molecule has 3 aliphatic rings. The first-order valence-corrected chi connectivity index (χ1v) is 7.44. The van der Waals surface area contributed by atoms with E-state index in [1.54, 1.807) is 7.11 Å². The van der Waals surface area contributed by atoms with Crippen molar-refractivity contribution in [3.05, 3.63) is 0 Å². The maximum atomic E-state index is 6.83. The second-order valence-corrected chi connectivity index (χ2v) is 6.86. The Labute approximate surface area is 105 Å². The number of hydrogen-bond donors (Lipinski definition) is 1. The van der Waals surface area contributed by atoms with Gasteiger partial charge in [-0.3, -0.25) is 0 Å². The van der Waals surface area contributed by atoms with Gasteiger partial charge in [0, 0.05) is 19.3 Å². The van der Waals surface area contributed by atoms with Crippen LogP contribution in [0.4, 0.5) is 0 Å². The first-order chi connectivity index (χ1) is 8.16. The first-order valence-electron chi connectivity index (χ1n) is 7.44. The molecule has 17 heavy (non-hydrogen) atoms. The molecule has 6 unspecified atom stereocenters. The van der Waals surface area contributed by atoms with E-state index in [1.165, 1.54) is 32.1 Å². The highest BCUT2D eigenvalue weighted by atomic mass is 16.5. The summed E-state index contributed by atoms with van der Waals surface area (Å²) in [6.45, 7) is 3.22. The Hall–Kier alpha value is -0.0800. The van der Waals surface area contributed by atoms with E-state index in [2.05, 4.69) is 6.92 Å². The zero-order chi connectivity index (χ0) is 12.0. The second-order valence-electron chi connectivity index (χ2n) is 6.86. The molecule has 98 valence electrons. The zero-order valence-corrected chi connectivity index (χ0v) is 11.3. The number of nitrogens with two attached hydrogens (primary N) is 1. The highest BCUT2D eigenvalue weighted by Gasteiger charge is 2.60. The Balaban J connectivity index is 1.72. The molecule has 0 saturated heterocycles. The van der Waals surface area contributed by atoms with Gasteiger partial charge in [-0.2, -0.15) is 0 Å². The van der Waals surface area contributed by atoms with Crippen LogP contribution in [-0.4, -0.2) is 19.3 Å². The molecule has 3 fully saturated rings. The molecule has 0 radical (unpaired) electrons. The topological polar surface area (TPSA) is 35.2 Å². The molecule has 0 heterocycles. The molecule has 0 amide bonds. The SMILES string of the molecule is COCCC(C)C1(N)CC2CC1C1CCCC21. The Morgan fingerprint density at radius 2 is 2.12 bits per heavy atom. The Kier molecular flexibility index (Phi) is 2.99. The average molecular weight is 237 g/mol. The van der Waals surface area contributed by atoms with E-state index in [0.717, 1.165) is 36.7 Å². The van der Waals surface area contributed by atoms with E-state index in [0.29, 0.717) is 5.92 Å². The van der Waals surface area contributed by atoms with E-state index in [-0.39, 0.29) is 5.54 Å². The lowest BCUT2D eigenvalue weighted by molar-refractivity contribution is 0.0849. The molecular formula is C15H27NO. The van der Waals surface area contributed by atoms with Crippen LogP contribution in [0, 0.1) is 29.6 Å². The fourth-order valence-electron chi connectivity index (χ4n) is 5.37. The summed E-state index contributed by atoms with van der Waals surface area (Å²) in [6, 6.07) is 0. The predicted molar refractivity (Wildman–Crippen MR) is 69.6 cm³/mol. The van der Waals surface area contributed by atoms with Crippen molar-refractivity contribution in [3.63, 3.8) is 0 Å². The van der Waals surface area contributed by atoms with Crippen molar-refractivity contribution in [2.75, 3.05) is 13.7 Å². The fraction of sp³-hybridized carbons (Fsp3) is 1.00. The van der Waals surface area contributed by atoms with Gasteiger partial charge in [0.05, 0.1) is 0 Å². The van der Waals surface area contributed by atoms with Crippen molar-refractivity contribution in [1.29, 1.82) is 0 Å². The summed E-state index contributed by atoms with van der Waals surface area (Å²) in [6.07, 6.45) is 8.28. The third-order valence-electron chi connectivity index (χ3n) is 6.28. The van der Waals surface area contributed by atoms with Crippen LogP contribution in [0.3, 0.4) is 0 Å². The molecule has 2 N–H and O–H groups in total. The molecule has 6 atom stereocenters. The monoisotopic (exact) mass is 237 g/mol. The maximum absolute atomic E-state index is 6.83. The smallest absolute Gasteiger partial charge is 0.0465 e. The number of rotatable bonds is 4. The van der Waals surface area contributed by atoms with Gasteiger partial charge < -0.3 is 10.5 Å². The minimum absolute atomic E-state index is 0.134. The third kappa shape index (κ3) is 1.67. The van der Waals surface area contributed by atoms with E-state index in [9.17, 15) is 0 Å². The van der Waals surface area contributed by atoms with Crippen LogP contribution in [0.1, 0.15) is 45.4 Å². The summed E-state index contributed by atoms with van der Waals surface area (Å²) in [5.41, 5.74) is 6.96. The Morgan fingerprint density at radius 3 is 2.88 bits per heavy atom. The van der Waals surface area contributed by atoms with Gasteiger partial charge in [0.2, 0.25) is 0 Å². The minimum atomic E-state index is 0.134. The van der Waals surface area contributed by atoms with Crippen molar-refractivity contribution >= 4 is 0 Å². The number of hydrogen-bond acceptors (Lipinski definition) is 2. The van der Waals surface area contributed by atoms with Crippen molar-refractivity contribution in [3.8, 4) is 0 Å². The van der Waals surface area contributed by atoms with Gasteiger partial charge >= 0.3 is 0 Å². The van der Waals surface area contributed by atoms with E-state index in [4.69, 9.17) is 10.5 Å². The van der Waals surface area contributed by atoms with Gasteiger partial charge in [0.1, 0.15) is 0 Å². The predicted octanol–water partition coefficient (Wildman–Crippen LogP) is 2.81. The van der Waals surface area contributed by atoms with Crippen molar-refractivity contribution in [2.24, 2.45) is 35.3 Å². The van der Waals surface area contributed by atoms with Gasteiger partial charge in [0.15, 0.2) is 0 Å². The average Bonchev–Trinajstić information content (AvgIpc) is 2.95. The lowest BCUT2D eigenvalue weighted by atomic mass is 9.65. The minimum Gasteiger partial charge on any atom is -0.385 e. The van der Waals surface area contributed by atoms with E-state index >= 15 is 0 Å². The second kappa shape index (κ2) is 4.24. The quantitative estimate of drug-likeness (QED) is 0.816. The zero-order valence-electron chi connectivity index (χ0n) is 11.3. The van der Waals surface area contributed by atoms with Gasteiger partial charge in [-0.1, -0.05) is 13.3 Å². The summed E-state index contributed by atoms with van der Waals surface area (Å²) in [7, 11) is 1.80. The number of methoxy groups -OCH3 is 1. The maximum Gasteiger partial charge on any atom is 0.0465 e. The summed E-state index contributed by atoms with van der Waals surface area (Å²) in [4.78, 5) is 0. The van der Waals surface area contributed by atoms with E-state index < -0.39 is 0 Å². The van der Waals surface area contributed by atoms with Crippen LogP contribution in [-0.2, 0) is 4.74 Å². The van der Waals surface area contributed by atoms with Gasteiger partial charge in [0.25, 0.3) is 0 Å². The molecule has 3 saturated carbocycles. The first kappa shape index (κ1) is 12.0. The Morgan fingerprint density at radius 1 is 1.35 bits per heavy atom. The molecule has 2 heteroatoms. The summed E-state index contributed by atoms with van der Waals surface area (Å²) in [5, 5.41) is 0. The lowest BCUT2D eigenvalue weighted by Crippen LogP contribution is -2.54. The fourth-order valence-corrected chi connectivity index (χ4v) is 5.37. The largest absolute Gasteiger partial charge is 0.385 e. The molecule has 0 spiro atoms. The van der Waals surface area contributed by atoms with Crippen LogP contribution >= 0.6 is 0 Å². The molecular weight excluding hydrogens is 210 g/mol. The highest BCUT2D eigenvalue weighted by Crippen LogP contribution is 2.63. The van der Waals surface area contributed by atoms with Crippen LogP contribution in [0.25, 0.3) is 0 Å². The van der Waals surface area contributed by atoms with Crippen LogP contribution in [0.2, 0.25) is 0 Å². The molecule has 0 aromatic heterocycles. The number of fused-ring (bicyclic) bond motifs is 5. The molecule has 2 nitrogen and oxygen atoms in total. The lowest BCUT2D eigenvalue weighted by Gasteiger charge is -2.44. The molecule has 3 aliphatic carbocycles. The van der Waals surface area contributed by atoms with Gasteiger partial charge in [-0.15, -0.1) is 0 Å².